The zero-order valence-corrected chi connectivity index (χ0v) is 6.28. The fraction of sp³-hybridized carbons (Fsp3) is 0.750. The minimum absolute atomic E-state index is 0.559. The third-order valence-electron chi connectivity index (χ3n) is 2.02. The first-order valence-electron chi connectivity index (χ1n) is 3.51. The van der Waals surface area contributed by atoms with Gasteiger partial charge in [-0.3, -0.25) is 0 Å². The molecular weight excluding hydrogens is 110 g/mol. The Morgan fingerprint density at radius 1 is 1.78 bits per heavy atom. The topological polar surface area (TPSA) is 12.0 Å². The minimum atomic E-state index is 0.559. The molecule has 1 fully saturated rings. The summed E-state index contributed by atoms with van der Waals surface area (Å²) in [7, 11) is 0. The van der Waals surface area contributed by atoms with Crippen molar-refractivity contribution < 1.29 is 0 Å². The van der Waals surface area contributed by atoms with Gasteiger partial charge in [0, 0.05) is 12.6 Å². The number of nitrogens with one attached hydrogen (secondary N) is 1. The van der Waals surface area contributed by atoms with E-state index in [1.54, 1.807) is 0 Å². The van der Waals surface area contributed by atoms with Crippen molar-refractivity contribution in [2.45, 2.75) is 26.3 Å². The second kappa shape index (κ2) is 2.14. The maximum atomic E-state index is 3.65. The molecule has 1 saturated carbocycles. The molecule has 0 heterocycles. The van der Waals surface area contributed by atoms with E-state index < -0.39 is 0 Å². The predicted molar refractivity (Wildman–Crippen MR) is 40.4 cm³/mol. The molecule has 1 N–H and O–H groups in total. The van der Waals surface area contributed by atoms with Crippen molar-refractivity contribution in [2.75, 3.05) is 6.54 Å². The molecule has 1 unspecified atom stereocenters. The fourth-order valence-corrected chi connectivity index (χ4v) is 1.04. The van der Waals surface area contributed by atoms with Crippen LogP contribution < -0.4 is 5.32 Å². The molecule has 0 aromatic rings. The molecule has 1 aliphatic rings. The Balaban J connectivity index is 2.12. The van der Waals surface area contributed by atoms with Crippen molar-refractivity contribution in [1.82, 2.24) is 5.32 Å². The quantitative estimate of drug-likeness (QED) is 0.564. The third-order valence-corrected chi connectivity index (χ3v) is 2.02. The summed E-state index contributed by atoms with van der Waals surface area (Å²) in [5, 5.41) is 3.38. The van der Waals surface area contributed by atoms with E-state index in [1.165, 1.54) is 6.42 Å². The molecular formula is C8H15N. The van der Waals surface area contributed by atoms with Crippen LogP contribution in [0.4, 0.5) is 0 Å². The van der Waals surface area contributed by atoms with Gasteiger partial charge in [0.05, 0.1) is 0 Å². The first-order chi connectivity index (χ1) is 4.17. The molecule has 0 aromatic heterocycles. The second-order valence-corrected chi connectivity index (χ2v) is 3.44. The van der Waals surface area contributed by atoms with Gasteiger partial charge in [-0.2, -0.15) is 0 Å². The van der Waals surface area contributed by atoms with E-state index in [9.17, 15) is 0 Å². The van der Waals surface area contributed by atoms with Gasteiger partial charge in [0.1, 0.15) is 0 Å². The molecule has 0 bridgehead atoms. The van der Waals surface area contributed by atoms with Gasteiger partial charge in [0.2, 0.25) is 0 Å². The molecule has 0 saturated heterocycles. The van der Waals surface area contributed by atoms with E-state index in [0.717, 1.165) is 12.6 Å². The normalized spacial score (nSPS) is 29.8. The van der Waals surface area contributed by atoms with Crippen LogP contribution in [0.15, 0.2) is 12.7 Å². The van der Waals surface area contributed by atoms with Crippen molar-refractivity contribution >= 4 is 0 Å². The van der Waals surface area contributed by atoms with Crippen molar-refractivity contribution in [3.63, 3.8) is 0 Å². The van der Waals surface area contributed by atoms with Gasteiger partial charge in [-0.15, -0.1) is 6.58 Å². The van der Waals surface area contributed by atoms with Crippen LogP contribution in [0.25, 0.3) is 0 Å². The summed E-state index contributed by atoms with van der Waals surface area (Å²) in [5.74, 6) is 0. The fourth-order valence-electron chi connectivity index (χ4n) is 1.04. The maximum absolute atomic E-state index is 3.65. The minimum Gasteiger partial charge on any atom is -0.310 e. The molecule has 1 aliphatic carbocycles. The van der Waals surface area contributed by atoms with Gasteiger partial charge >= 0.3 is 0 Å². The summed E-state index contributed by atoms with van der Waals surface area (Å²) < 4.78 is 0. The van der Waals surface area contributed by atoms with E-state index in [0.29, 0.717) is 5.41 Å². The Kier molecular flexibility index (Phi) is 1.62. The van der Waals surface area contributed by atoms with Crippen LogP contribution in [-0.2, 0) is 0 Å². The van der Waals surface area contributed by atoms with Crippen molar-refractivity contribution in [1.29, 1.82) is 0 Å². The lowest BCUT2D eigenvalue weighted by molar-refractivity contribution is 0.562. The van der Waals surface area contributed by atoms with Crippen LogP contribution in [0.3, 0.4) is 0 Å². The van der Waals surface area contributed by atoms with Gasteiger partial charge in [-0.25, -0.2) is 0 Å². The second-order valence-electron chi connectivity index (χ2n) is 3.44. The Morgan fingerprint density at radius 2 is 2.33 bits per heavy atom. The molecule has 0 amide bonds. The highest BCUT2D eigenvalue weighted by Crippen LogP contribution is 2.44. The SMILES string of the molecule is C=CCNC1CC1(C)C. The molecule has 1 atom stereocenters. The van der Waals surface area contributed by atoms with E-state index in [4.69, 9.17) is 0 Å². The van der Waals surface area contributed by atoms with Gasteiger partial charge in [-0.05, 0) is 11.8 Å². The molecule has 1 rings (SSSR count). The van der Waals surface area contributed by atoms with Crippen LogP contribution >= 0.6 is 0 Å². The summed E-state index contributed by atoms with van der Waals surface area (Å²) in [6.45, 7) is 9.17. The standard InChI is InChI=1S/C8H15N/c1-4-5-9-7-6-8(7,2)3/h4,7,9H,1,5-6H2,2-3H3. The highest BCUT2D eigenvalue weighted by atomic mass is 15.0. The zero-order valence-electron chi connectivity index (χ0n) is 6.28. The number of rotatable bonds is 3. The van der Waals surface area contributed by atoms with Gasteiger partial charge in [0.15, 0.2) is 0 Å². The average Bonchev–Trinajstić information content (AvgIpc) is 2.35. The molecule has 1 heteroatoms. The first kappa shape index (κ1) is 6.81. The highest BCUT2D eigenvalue weighted by molar-refractivity contribution is 5.02. The molecule has 0 aliphatic heterocycles. The van der Waals surface area contributed by atoms with Crippen molar-refractivity contribution in [3.05, 3.63) is 12.7 Å². The maximum Gasteiger partial charge on any atom is 0.0135 e. The molecule has 0 spiro atoms. The van der Waals surface area contributed by atoms with Crippen LogP contribution in [0.1, 0.15) is 20.3 Å². The third kappa shape index (κ3) is 1.55. The predicted octanol–water partition coefficient (Wildman–Crippen LogP) is 1.56. The smallest absolute Gasteiger partial charge is 0.0135 e. The lowest BCUT2D eigenvalue weighted by Gasteiger charge is -2.01. The number of hydrogen-bond acceptors (Lipinski definition) is 1. The van der Waals surface area contributed by atoms with Crippen LogP contribution in [0.2, 0.25) is 0 Å². The lowest BCUT2D eigenvalue weighted by atomic mass is 10.2. The van der Waals surface area contributed by atoms with Crippen LogP contribution in [0.5, 0.6) is 0 Å². The monoisotopic (exact) mass is 125 g/mol. The average molecular weight is 125 g/mol. The lowest BCUT2D eigenvalue weighted by Crippen LogP contribution is -2.19. The Labute approximate surface area is 57.1 Å². The first-order valence-corrected chi connectivity index (χ1v) is 3.51. The molecule has 52 valence electrons. The summed E-state index contributed by atoms with van der Waals surface area (Å²) in [4.78, 5) is 0. The summed E-state index contributed by atoms with van der Waals surface area (Å²) in [5.41, 5.74) is 0.559. The molecule has 0 radical (unpaired) electrons. The van der Waals surface area contributed by atoms with Gasteiger partial charge < -0.3 is 5.32 Å². The Bertz CT molecular complexity index is 116. The zero-order chi connectivity index (χ0) is 6.91. The summed E-state index contributed by atoms with van der Waals surface area (Å²) >= 11 is 0. The van der Waals surface area contributed by atoms with Crippen LogP contribution in [0, 0.1) is 5.41 Å². The largest absolute Gasteiger partial charge is 0.310 e. The van der Waals surface area contributed by atoms with E-state index in [-0.39, 0.29) is 0 Å². The summed E-state index contributed by atoms with van der Waals surface area (Å²) in [6.07, 6.45) is 3.23. The number of hydrogen-bond donors (Lipinski definition) is 1. The molecule has 0 aromatic carbocycles. The Hall–Kier alpha value is -0.300. The summed E-state index contributed by atoms with van der Waals surface area (Å²) in [6, 6.07) is 0.746. The van der Waals surface area contributed by atoms with E-state index >= 15 is 0 Å². The molecule has 9 heavy (non-hydrogen) atoms. The Morgan fingerprint density at radius 3 is 2.67 bits per heavy atom. The van der Waals surface area contributed by atoms with Crippen LogP contribution in [-0.4, -0.2) is 12.6 Å². The van der Waals surface area contributed by atoms with Gasteiger partial charge in [0.25, 0.3) is 0 Å². The highest BCUT2D eigenvalue weighted by Gasteiger charge is 2.44. The van der Waals surface area contributed by atoms with Crippen molar-refractivity contribution in [2.24, 2.45) is 5.41 Å². The van der Waals surface area contributed by atoms with Gasteiger partial charge in [-0.1, -0.05) is 19.9 Å². The van der Waals surface area contributed by atoms with E-state index in [2.05, 4.69) is 25.7 Å². The molecule has 1 nitrogen and oxygen atoms in total. The van der Waals surface area contributed by atoms with E-state index in [1.807, 2.05) is 6.08 Å². The van der Waals surface area contributed by atoms with Crippen molar-refractivity contribution in [3.8, 4) is 0 Å².